The van der Waals surface area contributed by atoms with Crippen molar-refractivity contribution in [3.8, 4) is 0 Å². The number of aromatic amines is 1. The van der Waals surface area contributed by atoms with E-state index in [0.29, 0.717) is 6.42 Å². The van der Waals surface area contributed by atoms with E-state index in [0.717, 1.165) is 35.0 Å². The molecule has 2 atom stereocenters. The lowest BCUT2D eigenvalue weighted by atomic mass is 9.83. The Balaban J connectivity index is 1.55. The summed E-state index contributed by atoms with van der Waals surface area (Å²) in [5.41, 5.74) is 7.25. The molecule has 3 aromatic rings. The monoisotopic (exact) mass is 427 g/mol. The molecule has 2 amide bonds. The van der Waals surface area contributed by atoms with Crippen molar-refractivity contribution in [1.82, 2.24) is 14.8 Å². The Morgan fingerprint density at radius 1 is 1.00 bits per heavy atom. The number of piperazine rings is 1. The van der Waals surface area contributed by atoms with Gasteiger partial charge >= 0.3 is 0 Å². The summed E-state index contributed by atoms with van der Waals surface area (Å²) in [6.45, 7) is 4.13. The number of hydrogen-bond acceptors (Lipinski definition) is 2. The predicted molar refractivity (Wildman–Crippen MR) is 124 cm³/mol. The van der Waals surface area contributed by atoms with Gasteiger partial charge in [0.25, 0.3) is 0 Å². The Kier molecular flexibility index (Phi) is 4.42. The van der Waals surface area contributed by atoms with Gasteiger partial charge in [0.2, 0.25) is 11.8 Å². The van der Waals surface area contributed by atoms with Gasteiger partial charge in [0.1, 0.15) is 12.6 Å². The molecule has 6 rings (SSSR count). The molecule has 0 radical (unpaired) electrons. The summed E-state index contributed by atoms with van der Waals surface area (Å²) >= 11 is 0. The Morgan fingerprint density at radius 3 is 2.59 bits per heavy atom. The maximum Gasteiger partial charge on any atom is 0.246 e. The van der Waals surface area contributed by atoms with Gasteiger partial charge in [-0.1, -0.05) is 36.4 Å². The Labute approximate surface area is 188 Å². The Morgan fingerprint density at radius 2 is 1.78 bits per heavy atom. The van der Waals surface area contributed by atoms with Crippen molar-refractivity contribution in [3.63, 3.8) is 0 Å². The minimum atomic E-state index is -0.452. The molecule has 1 aliphatic carbocycles. The molecule has 5 nitrogen and oxygen atoms in total. The summed E-state index contributed by atoms with van der Waals surface area (Å²) in [6, 6.07) is 14.3. The first-order valence-corrected chi connectivity index (χ1v) is 11.9. The van der Waals surface area contributed by atoms with Crippen molar-refractivity contribution in [2.45, 2.75) is 64.1 Å². The summed E-state index contributed by atoms with van der Waals surface area (Å²) in [6.07, 6.45) is 5.24. The highest BCUT2D eigenvalue weighted by atomic mass is 16.2. The van der Waals surface area contributed by atoms with E-state index in [1.165, 1.54) is 29.5 Å². The third-order valence-corrected chi connectivity index (χ3v) is 7.60. The average Bonchev–Trinajstić information content (AvgIpc) is 3.18. The molecule has 3 aliphatic rings. The number of para-hydroxylation sites is 1. The number of carbonyl (C=O) groups is 2. The number of nitrogens with one attached hydrogen (secondary N) is 1. The second kappa shape index (κ2) is 7.22. The van der Waals surface area contributed by atoms with Crippen LogP contribution in [0.25, 0.3) is 10.9 Å². The van der Waals surface area contributed by atoms with Crippen LogP contribution < -0.4 is 0 Å². The van der Waals surface area contributed by atoms with Gasteiger partial charge in [-0.2, -0.15) is 0 Å². The Hall–Kier alpha value is -3.08. The number of benzene rings is 2. The largest absolute Gasteiger partial charge is 0.356 e. The first-order chi connectivity index (χ1) is 15.5. The van der Waals surface area contributed by atoms with Crippen LogP contribution in [0.3, 0.4) is 0 Å². The third kappa shape index (κ3) is 2.83. The number of rotatable bonds is 2. The number of hydrogen-bond donors (Lipinski definition) is 1. The number of aryl methyl sites for hydroxylation is 2. The number of amides is 2. The molecule has 1 fully saturated rings. The van der Waals surface area contributed by atoms with Gasteiger partial charge in [-0.05, 0) is 67.9 Å². The minimum Gasteiger partial charge on any atom is -0.356 e. The number of carbonyl (C=O) groups excluding carboxylic acids is 2. The zero-order chi connectivity index (χ0) is 22.0. The topological polar surface area (TPSA) is 56.4 Å². The smallest absolute Gasteiger partial charge is 0.246 e. The van der Waals surface area contributed by atoms with Crippen LogP contribution in [0.4, 0.5) is 0 Å². The van der Waals surface area contributed by atoms with Crippen molar-refractivity contribution in [2.75, 3.05) is 6.54 Å². The van der Waals surface area contributed by atoms with Gasteiger partial charge in [0.05, 0.1) is 6.04 Å². The fraction of sp³-hybridized carbons (Fsp3) is 0.407. The second-order valence-corrected chi connectivity index (χ2v) is 9.78. The molecule has 3 heterocycles. The van der Waals surface area contributed by atoms with Crippen molar-refractivity contribution in [3.05, 3.63) is 70.4 Å². The minimum absolute atomic E-state index is 0.0140. The fourth-order valence-corrected chi connectivity index (χ4v) is 5.99. The molecule has 0 bridgehead atoms. The summed E-state index contributed by atoms with van der Waals surface area (Å²) < 4.78 is 0. The highest BCUT2D eigenvalue weighted by molar-refractivity contribution is 5.97. The van der Waals surface area contributed by atoms with E-state index in [9.17, 15) is 9.59 Å². The van der Waals surface area contributed by atoms with E-state index in [-0.39, 0.29) is 30.4 Å². The van der Waals surface area contributed by atoms with Crippen molar-refractivity contribution in [1.29, 1.82) is 0 Å². The van der Waals surface area contributed by atoms with Gasteiger partial charge in [-0.15, -0.1) is 0 Å². The highest BCUT2D eigenvalue weighted by Gasteiger charge is 2.48. The normalized spacial score (nSPS) is 22.8. The molecule has 164 valence electrons. The predicted octanol–water partition coefficient (Wildman–Crippen LogP) is 4.14. The van der Waals surface area contributed by atoms with Crippen LogP contribution in [0.2, 0.25) is 0 Å². The van der Waals surface area contributed by atoms with E-state index < -0.39 is 6.04 Å². The molecule has 5 heteroatoms. The number of fused-ring (bicyclic) bond motifs is 5. The van der Waals surface area contributed by atoms with E-state index in [1.54, 1.807) is 4.90 Å². The molecule has 0 unspecified atom stereocenters. The molecule has 0 spiro atoms. The van der Waals surface area contributed by atoms with Crippen molar-refractivity contribution >= 4 is 22.7 Å². The van der Waals surface area contributed by atoms with Crippen LogP contribution in [-0.4, -0.2) is 45.2 Å². The van der Waals surface area contributed by atoms with Gasteiger partial charge < -0.3 is 14.8 Å². The van der Waals surface area contributed by atoms with Gasteiger partial charge in [-0.3, -0.25) is 9.59 Å². The molecule has 1 saturated heterocycles. The van der Waals surface area contributed by atoms with Gasteiger partial charge in [0.15, 0.2) is 0 Å². The molecule has 32 heavy (non-hydrogen) atoms. The van der Waals surface area contributed by atoms with Crippen LogP contribution in [0, 0.1) is 0 Å². The molecular weight excluding hydrogens is 398 g/mol. The highest BCUT2D eigenvalue weighted by Crippen LogP contribution is 2.43. The van der Waals surface area contributed by atoms with E-state index >= 15 is 0 Å². The van der Waals surface area contributed by atoms with E-state index in [2.05, 4.69) is 35.3 Å². The Bertz CT molecular complexity index is 1240. The average molecular weight is 428 g/mol. The molecule has 2 aliphatic heterocycles. The first-order valence-electron chi connectivity index (χ1n) is 11.9. The number of H-pyrrole nitrogens is 1. The summed E-state index contributed by atoms with van der Waals surface area (Å²) in [5.74, 6) is 0.105. The van der Waals surface area contributed by atoms with Crippen LogP contribution in [0.5, 0.6) is 0 Å². The van der Waals surface area contributed by atoms with Crippen molar-refractivity contribution in [2.24, 2.45) is 0 Å². The van der Waals surface area contributed by atoms with Crippen LogP contribution in [-0.2, 0) is 28.9 Å². The first kappa shape index (κ1) is 19.6. The number of nitrogens with zero attached hydrogens (tertiary/aromatic N) is 2. The summed E-state index contributed by atoms with van der Waals surface area (Å²) in [4.78, 5) is 34.3. The van der Waals surface area contributed by atoms with E-state index in [1.807, 2.05) is 30.9 Å². The molecule has 2 aromatic carbocycles. The lowest BCUT2D eigenvalue weighted by Gasteiger charge is -2.48. The standard InChI is InChI=1S/C27H29N3O2/c1-16(2)29-15-24(31)30-23(27(29)32)14-21-20-9-5-6-10-22(20)28-25(21)26(30)19-12-11-17-7-3-4-8-18(17)13-19/h5-6,9-13,16,23,26,28H,3-4,7-8,14-15H2,1-2H3/t23-,26-/m0/s1. The lowest BCUT2D eigenvalue weighted by Crippen LogP contribution is -2.64. The maximum atomic E-state index is 13.5. The van der Waals surface area contributed by atoms with Crippen molar-refractivity contribution < 1.29 is 9.59 Å². The quantitative estimate of drug-likeness (QED) is 0.668. The second-order valence-electron chi connectivity index (χ2n) is 9.78. The fourth-order valence-electron chi connectivity index (χ4n) is 5.99. The lowest BCUT2D eigenvalue weighted by molar-refractivity contribution is -0.160. The van der Waals surface area contributed by atoms with Crippen LogP contribution in [0.1, 0.15) is 60.7 Å². The van der Waals surface area contributed by atoms with Crippen LogP contribution >= 0.6 is 0 Å². The van der Waals surface area contributed by atoms with Gasteiger partial charge in [0, 0.05) is 29.1 Å². The summed E-state index contributed by atoms with van der Waals surface area (Å²) in [5, 5.41) is 1.16. The molecular formula is C27H29N3O2. The van der Waals surface area contributed by atoms with Gasteiger partial charge in [-0.25, -0.2) is 0 Å². The summed E-state index contributed by atoms with van der Waals surface area (Å²) in [7, 11) is 0. The third-order valence-electron chi connectivity index (χ3n) is 7.60. The molecule has 1 aromatic heterocycles. The zero-order valence-electron chi connectivity index (χ0n) is 18.7. The molecule has 1 N–H and O–H groups in total. The van der Waals surface area contributed by atoms with E-state index in [4.69, 9.17) is 0 Å². The van der Waals surface area contributed by atoms with Crippen LogP contribution in [0.15, 0.2) is 42.5 Å². The zero-order valence-corrected chi connectivity index (χ0v) is 18.7. The maximum absolute atomic E-state index is 13.5. The SMILES string of the molecule is CC(C)N1CC(=O)N2[C@@H](c3ccc4c(c3)CCCC4)c3[nH]c4ccccc4c3C[C@H]2C1=O. The molecule has 0 saturated carbocycles. The number of aromatic nitrogens is 1.